The van der Waals surface area contributed by atoms with Crippen LogP contribution in [0.25, 0.3) is 0 Å². The molecule has 422 valence electrons. The van der Waals surface area contributed by atoms with Gasteiger partial charge in [-0.05, 0) is 49.9 Å². The summed E-state index contributed by atoms with van der Waals surface area (Å²) < 4.78 is 50.9. The fourth-order valence-electron chi connectivity index (χ4n) is 9.58. The number of hydrogen-bond donors (Lipinski definition) is 3. The van der Waals surface area contributed by atoms with Crippen LogP contribution in [-0.4, -0.2) is 71.4 Å². The third-order valence-electron chi connectivity index (χ3n) is 13.9. The second-order valence-corrected chi connectivity index (χ2v) is 22.1. The van der Waals surface area contributed by atoms with Crippen LogP contribution < -0.4 is 14.4 Å². The Morgan fingerprint density at radius 1 is 0.554 bits per heavy atom. The molecule has 74 heavy (non-hydrogen) atoms. The van der Waals surface area contributed by atoms with Gasteiger partial charge in [-0.1, -0.05) is 237 Å². The Morgan fingerprint density at radius 2 is 0.946 bits per heavy atom. The highest BCUT2D eigenvalue weighted by Crippen LogP contribution is 2.52. The smallest absolute Gasteiger partial charge is 0.462 e. The summed E-state index contributed by atoms with van der Waals surface area (Å²) in [4.78, 5) is 41.3. The molecule has 1 saturated heterocycles. The largest absolute Gasteiger partial charge is 0.588 e. The molecule has 0 saturated carbocycles. The Kier molecular flexibility index (Phi) is 36.5. The van der Waals surface area contributed by atoms with Crippen molar-refractivity contribution < 1.29 is 56.9 Å². The summed E-state index contributed by atoms with van der Waals surface area (Å²) in [5, 5.41) is 25.0. The van der Waals surface area contributed by atoms with Gasteiger partial charge >= 0.3 is 19.8 Å². The molecule has 0 unspecified atom stereocenters. The van der Waals surface area contributed by atoms with E-state index in [1.54, 1.807) is 60.7 Å². The SMILES string of the molecule is CCCCCCCCCCCCCC(=O)O[C@H](CCCCCCCCCCC)CC(=O)N[C@@H]1[C@@H](OC(=O)CCCCCCCCCCCCC)[C@@H](OP(=O)(Oc2ccccc2)Oc2ccccc2)[C@@H](CO)O[C@@H]1O. The number of rotatable bonds is 46. The van der Waals surface area contributed by atoms with E-state index in [1.165, 1.54) is 116 Å². The van der Waals surface area contributed by atoms with Crippen molar-refractivity contribution in [1.29, 1.82) is 0 Å². The van der Waals surface area contributed by atoms with Gasteiger partial charge in [-0.2, -0.15) is 0 Å². The third kappa shape index (κ3) is 29.7. The molecule has 0 radical (unpaired) electrons. The van der Waals surface area contributed by atoms with Crippen LogP contribution in [0.3, 0.4) is 0 Å². The van der Waals surface area contributed by atoms with Crippen molar-refractivity contribution in [1.82, 2.24) is 5.32 Å². The Balaban J connectivity index is 1.77. The predicted octanol–water partition coefficient (Wildman–Crippen LogP) is 15.4. The Hall–Kier alpha value is -3.48. The molecule has 0 aliphatic carbocycles. The molecular weight excluding hydrogens is 958 g/mol. The van der Waals surface area contributed by atoms with Gasteiger partial charge in [-0.3, -0.25) is 18.9 Å². The van der Waals surface area contributed by atoms with Crippen LogP contribution in [0.15, 0.2) is 60.7 Å². The molecule has 1 amide bonds. The number of nitrogens with one attached hydrogen (secondary N) is 1. The zero-order chi connectivity index (χ0) is 53.3. The molecule has 1 heterocycles. The average Bonchev–Trinajstić information content (AvgIpc) is 3.38. The van der Waals surface area contributed by atoms with E-state index in [0.29, 0.717) is 19.3 Å². The Bertz CT molecular complexity index is 1710. The molecule has 1 aliphatic heterocycles. The number of carbonyl (C=O) groups is 3. The molecule has 13 nitrogen and oxygen atoms in total. The second-order valence-electron chi connectivity index (χ2n) is 20.6. The van der Waals surface area contributed by atoms with Gasteiger partial charge in [0.15, 0.2) is 12.4 Å². The van der Waals surface area contributed by atoms with E-state index in [0.717, 1.165) is 70.6 Å². The van der Waals surface area contributed by atoms with E-state index < -0.39 is 63.1 Å². The highest BCUT2D eigenvalue weighted by atomic mass is 31.2. The van der Waals surface area contributed by atoms with Crippen LogP contribution in [0.1, 0.15) is 245 Å². The monoisotopic (exact) mass is 1060 g/mol. The fraction of sp³-hybridized carbons (Fsp3) is 0.750. The van der Waals surface area contributed by atoms with Gasteiger partial charge in [-0.25, -0.2) is 4.57 Å². The summed E-state index contributed by atoms with van der Waals surface area (Å²) in [6, 6.07) is 15.1. The zero-order valence-corrected chi connectivity index (χ0v) is 47.0. The number of ether oxygens (including phenoxy) is 3. The summed E-state index contributed by atoms with van der Waals surface area (Å²) in [5.74, 6) is -1.27. The molecule has 2 aromatic carbocycles. The molecule has 0 aromatic heterocycles. The van der Waals surface area contributed by atoms with Crippen molar-refractivity contribution in [2.75, 3.05) is 6.61 Å². The molecule has 0 spiro atoms. The number of unbranched alkanes of at least 4 members (excludes halogenated alkanes) is 28. The number of amides is 1. The maximum atomic E-state index is 14.8. The van der Waals surface area contributed by atoms with E-state index in [9.17, 15) is 29.2 Å². The minimum Gasteiger partial charge on any atom is -0.462 e. The lowest BCUT2D eigenvalue weighted by atomic mass is 9.96. The molecule has 2 aromatic rings. The Labute approximate surface area is 447 Å². The van der Waals surface area contributed by atoms with Crippen LogP contribution in [0.4, 0.5) is 0 Å². The number of hydrogen-bond acceptors (Lipinski definition) is 12. The molecule has 14 heteroatoms. The fourth-order valence-corrected chi connectivity index (χ4v) is 11.0. The van der Waals surface area contributed by atoms with E-state index >= 15 is 0 Å². The number of aliphatic hydroxyl groups is 2. The van der Waals surface area contributed by atoms with Crippen molar-refractivity contribution in [3.8, 4) is 11.5 Å². The van der Waals surface area contributed by atoms with Gasteiger partial charge in [0.1, 0.15) is 35.9 Å². The maximum absolute atomic E-state index is 14.8. The van der Waals surface area contributed by atoms with E-state index in [4.69, 9.17) is 27.8 Å². The lowest BCUT2D eigenvalue weighted by Crippen LogP contribution is -2.66. The lowest BCUT2D eigenvalue weighted by Gasteiger charge is -2.44. The van der Waals surface area contributed by atoms with Gasteiger partial charge in [0.05, 0.1) is 13.0 Å². The summed E-state index contributed by atoms with van der Waals surface area (Å²) in [7, 11) is -4.72. The minimum absolute atomic E-state index is 0.0379. The van der Waals surface area contributed by atoms with E-state index in [-0.39, 0.29) is 36.7 Å². The minimum atomic E-state index is -4.72. The van der Waals surface area contributed by atoms with Crippen LogP contribution in [0.2, 0.25) is 0 Å². The standard InChI is InChI=1S/C60H100NO12P/c1-4-7-10-13-16-19-21-24-27-30-39-46-55(64)68-52(45-34-29-26-23-18-15-12-9-6-3)48-54(63)61-57-59(70-56(65)47-40-31-28-25-22-20-17-14-11-8-5-2)58(53(49-62)69-60(57)66)73-74(67,71-50-41-35-32-36-42-50)72-51-43-37-33-38-44-51/h32-33,35-38,41-44,52-53,57-60,62,66H,4-31,34,39-40,45-49H2,1-3H3,(H,61,63)/t52-,53-,57-,58+,59-,60+/m1/s1. The highest BCUT2D eigenvalue weighted by molar-refractivity contribution is 7.49. The Morgan fingerprint density at radius 3 is 1.36 bits per heavy atom. The average molecular weight is 1060 g/mol. The molecule has 6 atom stereocenters. The topological polar surface area (TPSA) is 176 Å². The number of aliphatic hydroxyl groups excluding tert-OH is 2. The van der Waals surface area contributed by atoms with Gasteiger partial charge in [-0.15, -0.1) is 0 Å². The van der Waals surface area contributed by atoms with Crippen LogP contribution >= 0.6 is 7.82 Å². The molecule has 3 rings (SSSR count). The second kappa shape index (κ2) is 41.7. The highest BCUT2D eigenvalue weighted by Gasteiger charge is 2.53. The third-order valence-corrected chi connectivity index (χ3v) is 15.3. The van der Waals surface area contributed by atoms with E-state index in [2.05, 4.69) is 26.1 Å². The lowest BCUT2D eigenvalue weighted by molar-refractivity contribution is -0.255. The van der Waals surface area contributed by atoms with Gasteiger partial charge in [0, 0.05) is 12.8 Å². The molecule has 1 fully saturated rings. The van der Waals surface area contributed by atoms with Crippen LogP contribution in [-0.2, 0) is 37.7 Å². The quantitative estimate of drug-likeness (QED) is 0.0325. The first-order valence-electron chi connectivity index (χ1n) is 29.5. The van der Waals surface area contributed by atoms with Gasteiger partial charge in [0.2, 0.25) is 5.91 Å². The normalized spacial score (nSPS) is 18.1. The van der Waals surface area contributed by atoms with E-state index in [1.807, 2.05) is 0 Å². The molecule has 3 N–H and O–H groups in total. The van der Waals surface area contributed by atoms with Crippen molar-refractivity contribution in [2.24, 2.45) is 0 Å². The number of benzene rings is 2. The summed E-state index contributed by atoms with van der Waals surface area (Å²) in [6.07, 6.45) is 28.3. The first-order valence-corrected chi connectivity index (χ1v) is 31.0. The van der Waals surface area contributed by atoms with Crippen molar-refractivity contribution in [3.63, 3.8) is 0 Å². The molecular formula is C60H100NO12P. The predicted molar refractivity (Wildman–Crippen MR) is 295 cm³/mol. The number of carbonyl (C=O) groups excluding carboxylic acids is 3. The van der Waals surface area contributed by atoms with Gasteiger partial charge in [0.25, 0.3) is 0 Å². The van der Waals surface area contributed by atoms with Crippen LogP contribution in [0, 0.1) is 0 Å². The molecule has 1 aliphatic rings. The molecule has 0 bridgehead atoms. The van der Waals surface area contributed by atoms with Crippen molar-refractivity contribution >= 4 is 25.7 Å². The van der Waals surface area contributed by atoms with Crippen molar-refractivity contribution in [2.45, 2.75) is 282 Å². The van der Waals surface area contributed by atoms with Crippen LogP contribution in [0.5, 0.6) is 11.5 Å². The summed E-state index contributed by atoms with van der Waals surface area (Å²) >= 11 is 0. The number of para-hydroxylation sites is 2. The first kappa shape index (κ1) is 64.8. The summed E-state index contributed by atoms with van der Waals surface area (Å²) in [5.41, 5.74) is 0. The maximum Gasteiger partial charge on any atom is 0.588 e. The number of phosphoric acid groups is 1. The summed E-state index contributed by atoms with van der Waals surface area (Å²) in [6.45, 7) is 5.92. The number of esters is 2. The van der Waals surface area contributed by atoms with Gasteiger partial charge < -0.3 is 38.8 Å². The number of phosphoric ester groups is 1. The first-order chi connectivity index (χ1) is 36.1. The van der Waals surface area contributed by atoms with Crippen molar-refractivity contribution in [3.05, 3.63) is 60.7 Å². The zero-order valence-electron chi connectivity index (χ0n) is 46.1.